The first kappa shape index (κ1) is 25.1. The lowest BCUT2D eigenvalue weighted by Gasteiger charge is -2.26. The van der Waals surface area contributed by atoms with Crippen LogP contribution in [0.25, 0.3) is 11.1 Å². The lowest BCUT2D eigenvalue weighted by Crippen LogP contribution is -2.44. The highest BCUT2D eigenvalue weighted by atomic mass is 32.1. The second kappa shape index (κ2) is 11.1. The van der Waals surface area contributed by atoms with Crippen LogP contribution in [0.4, 0.5) is 0 Å². The number of aliphatic carboxylic acids is 1. The Labute approximate surface area is 213 Å². The largest absolute Gasteiger partial charge is 0.480 e. The van der Waals surface area contributed by atoms with Gasteiger partial charge < -0.3 is 15.7 Å². The van der Waals surface area contributed by atoms with Crippen LogP contribution in [0.5, 0.6) is 0 Å². The summed E-state index contributed by atoms with van der Waals surface area (Å²) in [5, 5.41) is 15.0. The average Bonchev–Trinajstić information content (AvgIpc) is 3.38. The molecule has 0 aliphatic heterocycles. The number of amides is 2. The number of rotatable bonds is 8. The molecule has 2 aliphatic rings. The summed E-state index contributed by atoms with van der Waals surface area (Å²) >= 11 is 1.16. The van der Waals surface area contributed by atoms with Gasteiger partial charge in [0.1, 0.15) is 6.04 Å². The normalized spacial score (nSPS) is 19.9. The van der Waals surface area contributed by atoms with E-state index in [0.29, 0.717) is 12.8 Å². The lowest BCUT2D eigenvalue weighted by molar-refractivity contribution is -0.140. The van der Waals surface area contributed by atoms with Gasteiger partial charge in [-0.25, -0.2) is 9.78 Å². The fourth-order valence-electron chi connectivity index (χ4n) is 4.21. The van der Waals surface area contributed by atoms with E-state index in [2.05, 4.69) is 46.0 Å². The molecule has 0 saturated heterocycles. The van der Waals surface area contributed by atoms with E-state index in [1.165, 1.54) is 0 Å². The number of carbonyl (C=O) groups is 3. The van der Waals surface area contributed by atoms with Crippen LogP contribution in [-0.4, -0.2) is 40.5 Å². The number of carbonyl (C=O) groups excluding carboxylic acids is 2. The average molecular weight is 502 g/mol. The molecular weight excluding hydrogens is 474 g/mol. The van der Waals surface area contributed by atoms with Crippen molar-refractivity contribution in [3.8, 4) is 0 Å². The van der Waals surface area contributed by atoms with Crippen LogP contribution in [-0.2, 0) is 9.59 Å². The van der Waals surface area contributed by atoms with E-state index in [1.807, 2.05) is 36.4 Å². The number of carboxylic acid groups (broad SMARTS) is 1. The molecule has 3 N–H and O–H groups in total. The summed E-state index contributed by atoms with van der Waals surface area (Å²) in [6.07, 6.45) is 15.1. The van der Waals surface area contributed by atoms with E-state index < -0.39 is 24.0 Å². The molecule has 0 saturated carbocycles. The quantitative estimate of drug-likeness (QED) is 0.465. The number of thiazole rings is 1. The van der Waals surface area contributed by atoms with Crippen LogP contribution in [0.1, 0.15) is 40.5 Å². The van der Waals surface area contributed by atoms with Crippen LogP contribution in [0.15, 0.2) is 84.1 Å². The predicted molar refractivity (Wildman–Crippen MR) is 141 cm³/mol. The van der Waals surface area contributed by atoms with Gasteiger partial charge in [0.05, 0.1) is 10.9 Å². The number of benzene rings is 1. The number of hydrogen-bond acceptors (Lipinski definition) is 5. The molecule has 0 fully saturated rings. The fourth-order valence-corrected chi connectivity index (χ4v) is 5.09. The van der Waals surface area contributed by atoms with E-state index in [9.17, 15) is 19.5 Å². The van der Waals surface area contributed by atoms with Crippen LogP contribution in [0, 0.1) is 5.92 Å². The Bertz CT molecular complexity index is 1320. The maximum atomic E-state index is 12.7. The van der Waals surface area contributed by atoms with Gasteiger partial charge in [-0.15, -0.1) is 11.3 Å². The minimum atomic E-state index is -1.09. The van der Waals surface area contributed by atoms with E-state index in [1.54, 1.807) is 20.0 Å². The van der Waals surface area contributed by atoms with Crippen molar-refractivity contribution in [1.29, 1.82) is 0 Å². The minimum absolute atomic E-state index is 0.166. The van der Waals surface area contributed by atoms with Gasteiger partial charge in [0.15, 0.2) is 5.01 Å². The lowest BCUT2D eigenvalue weighted by atomic mass is 9.86. The Hall–Kier alpha value is -4.04. The standard InChI is InChI=1S/C28H27N3O4S/c1-17(2)24(28(34)35)31-26(33)27-29-15-23(36-27)22-10-6-9-21(25(22)30-16-32)20-13-11-19(12-14-20)18-7-4-3-5-8-18/h3-13,15-17,24-25H,14H2,1-2H3,(H,30,32)(H,31,33)(H,34,35). The van der Waals surface area contributed by atoms with Crippen molar-refractivity contribution in [2.45, 2.75) is 32.4 Å². The van der Waals surface area contributed by atoms with Crippen LogP contribution < -0.4 is 10.6 Å². The van der Waals surface area contributed by atoms with Gasteiger partial charge in [0.25, 0.3) is 5.91 Å². The number of nitrogens with one attached hydrogen (secondary N) is 2. The maximum Gasteiger partial charge on any atom is 0.326 e. The number of aromatic nitrogens is 1. The summed E-state index contributed by atoms with van der Waals surface area (Å²) in [4.78, 5) is 40.6. The van der Waals surface area contributed by atoms with Gasteiger partial charge in [-0.3, -0.25) is 9.59 Å². The van der Waals surface area contributed by atoms with Crippen LogP contribution in [0.2, 0.25) is 0 Å². The highest BCUT2D eigenvalue weighted by molar-refractivity contribution is 7.14. The van der Waals surface area contributed by atoms with Crippen molar-refractivity contribution >= 4 is 40.8 Å². The third-order valence-corrected chi connectivity index (χ3v) is 7.14. The number of carboxylic acids is 1. The summed E-state index contributed by atoms with van der Waals surface area (Å²) in [6, 6.07) is 8.75. The molecule has 7 nitrogen and oxygen atoms in total. The highest BCUT2D eigenvalue weighted by Crippen LogP contribution is 2.35. The Morgan fingerprint density at radius 3 is 2.58 bits per heavy atom. The zero-order valence-electron chi connectivity index (χ0n) is 20.0. The summed E-state index contributed by atoms with van der Waals surface area (Å²) < 4.78 is 0. The summed E-state index contributed by atoms with van der Waals surface area (Å²) in [5.41, 5.74) is 5.16. The van der Waals surface area contributed by atoms with Crippen molar-refractivity contribution in [3.63, 3.8) is 0 Å². The Morgan fingerprint density at radius 2 is 1.94 bits per heavy atom. The number of hydrogen-bond donors (Lipinski definition) is 3. The third kappa shape index (κ3) is 5.44. The molecule has 2 unspecified atom stereocenters. The molecule has 1 heterocycles. The smallest absolute Gasteiger partial charge is 0.326 e. The van der Waals surface area contributed by atoms with Gasteiger partial charge in [0.2, 0.25) is 6.41 Å². The zero-order valence-corrected chi connectivity index (χ0v) is 20.8. The predicted octanol–water partition coefficient (Wildman–Crippen LogP) is 4.39. The first-order valence-corrected chi connectivity index (χ1v) is 12.4. The molecule has 0 bridgehead atoms. The molecule has 1 aromatic heterocycles. The second-order valence-electron chi connectivity index (χ2n) is 8.81. The van der Waals surface area contributed by atoms with Crippen LogP contribution >= 0.6 is 11.3 Å². The maximum absolute atomic E-state index is 12.7. The van der Waals surface area contributed by atoms with Gasteiger partial charge in [-0.1, -0.05) is 80.6 Å². The fraction of sp³-hybridized carbons (Fsp3) is 0.214. The van der Waals surface area contributed by atoms with Crippen LogP contribution in [0.3, 0.4) is 0 Å². The third-order valence-electron chi connectivity index (χ3n) is 6.10. The van der Waals surface area contributed by atoms with Crippen molar-refractivity contribution < 1.29 is 19.5 Å². The summed E-state index contributed by atoms with van der Waals surface area (Å²) in [6.45, 7) is 3.46. The Morgan fingerprint density at radius 1 is 1.17 bits per heavy atom. The monoisotopic (exact) mass is 501 g/mol. The molecule has 0 spiro atoms. The summed E-state index contributed by atoms with van der Waals surface area (Å²) in [5.74, 6) is -1.90. The molecule has 36 heavy (non-hydrogen) atoms. The van der Waals surface area contributed by atoms with E-state index >= 15 is 0 Å². The van der Waals surface area contributed by atoms with E-state index in [4.69, 9.17) is 0 Å². The molecule has 4 rings (SSSR count). The molecule has 2 amide bonds. The molecule has 1 aromatic carbocycles. The van der Waals surface area contributed by atoms with Gasteiger partial charge in [-0.2, -0.15) is 0 Å². The molecular formula is C28H27N3O4S. The minimum Gasteiger partial charge on any atom is -0.480 e. The van der Waals surface area contributed by atoms with Crippen molar-refractivity contribution in [2.75, 3.05) is 0 Å². The topological polar surface area (TPSA) is 108 Å². The summed E-state index contributed by atoms with van der Waals surface area (Å²) in [7, 11) is 0. The second-order valence-corrected chi connectivity index (χ2v) is 9.84. The van der Waals surface area contributed by atoms with Crippen molar-refractivity contribution in [1.82, 2.24) is 15.6 Å². The Balaban J connectivity index is 1.57. The molecule has 0 radical (unpaired) electrons. The van der Waals surface area contributed by atoms with Gasteiger partial charge in [-0.05, 0) is 40.2 Å². The van der Waals surface area contributed by atoms with E-state index in [-0.39, 0.29) is 10.9 Å². The SMILES string of the molecule is CC(C)C(NC(=O)c1ncc(C2=CC=CC(=C3C=CC(c4ccccc4)=CC3)C2NC=O)s1)C(=O)O. The number of nitrogens with zero attached hydrogens (tertiary/aromatic N) is 1. The first-order valence-electron chi connectivity index (χ1n) is 11.6. The first-order chi connectivity index (χ1) is 17.4. The van der Waals surface area contributed by atoms with E-state index in [0.717, 1.165) is 44.1 Å². The number of allylic oxidation sites excluding steroid dienone is 7. The zero-order chi connectivity index (χ0) is 25.7. The molecule has 8 heteroatoms. The Kier molecular flexibility index (Phi) is 7.75. The molecule has 2 aliphatic carbocycles. The van der Waals surface area contributed by atoms with Crippen molar-refractivity contribution in [2.24, 2.45) is 5.92 Å². The van der Waals surface area contributed by atoms with Crippen molar-refractivity contribution in [3.05, 3.63) is 99.6 Å². The molecule has 184 valence electrons. The molecule has 2 atom stereocenters. The highest BCUT2D eigenvalue weighted by Gasteiger charge is 2.28. The van der Waals surface area contributed by atoms with Gasteiger partial charge >= 0.3 is 5.97 Å². The molecule has 2 aromatic rings. The van der Waals surface area contributed by atoms with Gasteiger partial charge in [0, 0.05) is 6.20 Å².